The summed E-state index contributed by atoms with van der Waals surface area (Å²) >= 11 is 0. The van der Waals surface area contributed by atoms with Crippen molar-refractivity contribution < 1.29 is 23.8 Å². The van der Waals surface area contributed by atoms with E-state index in [1.807, 2.05) is 12.1 Å². The Morgan fingerprint density at radius 1 is 1.04 bits per heavy atom. The highest BCUT2D eigenvalue weighted by Gasteiger charge is 2.36. The van der Waals surface area contributed by atoms with Gasteiger partial charge >= 0.3 is 5.97 Å². The molecule has 0 saturated carbocycles. The summed E-state index contributed by atoms with van der Waals surface area (Å²) in [5.74, 6) is -0.141. The minimum atomic E-state index is -0.819. The van der Waals surface area contributed by atoms with E-state index in [0.717, 1.165) is 5.56 Å². The third-order valence-electron chi connectivity index (χ3n) is 4.62. The minimum Gasteiger partial charge on any atom is -0.493 e. The number of carbonyl (C=O) groups is 2. The van der Waals surface area contributed by atoms with E-state index in [9.17, 15) is 9.59 Å². The van der Waals surface area contributed by atoms with Gasteiger partial charge in [0, 0.05) is 11.1 Å². The van der Waals surface area contributed by atoms with Gasteiger partial charge in [-0.3, -0.25) is 10.2 Å². The minimum absolute atomic E-state index is 0.00906. The number of amides is 1. The third kappa shape index (κ3) is 3.66. The van der Waals surface area contributed by atoms with Gasteiger partial charge in [0.1, 0.15) is 5.56 Å². The molecule has 0 fully saturated rings. The highest BCUT2D eigenvalue weighted by atomic mass is 16.6. The molecule has 1 aliphatic heterocycles. The normalized spacial score (nSPS) is 15.6. The van der Waals surface area contributed by atoms with Crippen LogP contribution in [0.4, 0.5) is 0 Å². The van der Waals surface area contributed by atoms with Crippen LogP contribution in [0.3, 0.4) is 0 Å². The number of carbonyl (C=O) groups excluding carboxylic acids is 2. The molecule has 2 aromatic rings. The SMILES string of the molecule is COc1ccc2c(c1OC)C(=O)O[C@@H]2NNC(=O)c1ccc(C(C)(C)C)cc1. The van der Waals surface area contributed by atoms with Crippen LogP contribution in [0.25, 0.3) is 0 Å². The van der Waals surface area contributed by atoms with Crippen LogP contribution in [-0.4, -0.2) is 26.1 Å². The Labute approximate surface area is 164 Å². The number of methoxy groups -OCH3 is 2. The predicted molar refractivity (Wildman–Crippen MR) is 103 cm³/mol. The molecule has 7 nitrogen and oxygen atoms in total. The van der Waals surface area contributed by atoms with Gasteiger partial charge in [0.2, 0.25) is 0 Å². The lowest BCUT2D eigenvalue weighted by molar-refractivity contribution is 0.0260. The average Bonchev–Trinajstić information content (AvgIpc) is 3.00. The lowest BCUT2D eigenvalue weighted by Gasteiger charge is -2.19. The molecule has 3 rings (SSSR count). The van der Waals surface area contributed by atoms with Crippen LogP contribution >= 0.6 is 0 Å². The number of nitrogens with one attached hydrogen (secondary N) is 2. The van der Waals surface area contributed by atoms with Gasteiger partial charge in [-0.1, -0.05) is 32.9 Å². The summed E-state index contributed by atoms with van der Waals surface area (Å²) in [4.78, 5) is 24.7. The van der Waals surface area contributed by atoms with Gasteiger partial charge in [-0.2, -0.15) is 5.43 Å². The van der Waals surface area contributed by atoms with Gasteiger partial charge in [0.05, 0.1) is 14.2 Å². The number of hydrogen-bond donors (Lipinski definition) is 2. The molecule has 0 aliphatic carbocycles. The van der Waals surface area contributed by atoms with Crippen LogP contribution in [0.2, 0.25) is 0 Å². The Bertz CT molecular complexity index is 900. The lowest BCUT2D eigenvalue weighted by atomic mass is 9.87. The van der Waals surface area contributed by atoms with Crippen molar-refractivity contribution in [2.24, 2.45) is 0 Å². The van der Waals surface area contributed by atoms with Crippen molar-refractivity contribution in [3.05, 3.63) is 58.7 Å². The summed E-state index contributed by atoms with van der Waals surface area (Å²) in [5, 5.41) is 0. The first kappa shape index (κ1) is 19.7. The second-order valence-corrected chi connectivity index (χ2v) is 7.48. The van der Waals surface area contributed by atoms with Crippen LogP contribution in [0.15, 0.2) is 36.4 Å². The van der Waals surface area contributed by atoms with Crippen LogP contribution < -0.4 is 20.3 Å². The quantitative estimate of drug-likeness (QED) is 0.609. The van der Waals surface area contributed by atoms with Crippen molar-refractivity contribution in [3.63, 3.8) is 0 Å². The molecule has 0 unspecified atom stereocenters. The topological polar surface area (TPSA) is 85.9 Å². The van der Waals surface area contributed by atoms with Gasteiger partial charge < -0.3 is 14.2 Å². The Morgan fingerprint density at radius 3 is 2.29 bits per heavy atom. The number of rotatable bonds is 5. The van der Waals surface area contributed by atoms with Crippen molar-refractivity contribution in [2.45, 2.75) is 32.4 Å². The van der Waals surface area contributed by atoms with E-state index in [-0.39, 0.29) is 16.9 Å². The summed E-state index contributed by atoms with van der Waals surface area (Å²) in [6.45, 7) is 6.33. The fraction of sp³-hybridized carbons (Fsp3) is 0.333. The Balaban J connectivity index is 1.73. The van der Waals surface area contributed by atoms with Crippen LogP contribution in [0.5, 0.6) is 11.5 Å². The fourth-order valence-corrected chi connectivity index (χ4v) is 3.03. The smallest absolute Gasteiger partial charge is 0.344 e. The predicted octanol–water partition coefficient (Wildman–Crippen LogP) is 3.10. The molecule has 0 saturated heterocycles. The van der Waals surface area contributed by atoms with E-state index >= 15 is 0 Å². The molecule has 2 N–H and O–H groups in total. The zero-order valence-electron chi connectivity index (χ0n) is 16.6. The molecule has 0 spiro atoms. The highest BCUT2D eigenvalue weighted by Crippen LogP contribution is 2.40. The molecule has 1 atom stereocenters. The number of cyclic esters (lactones) is 1. The molecule has 1 aliphatic rings. The maximum atomic E-state index is 12.4. The number of fused-ring (bicyclic) bond motifs is 1. The van der Waals surface area contributed by atoms with Crippen LogP contribution in [-0.2, 0) is 10.2 Å². The monoisotopic (exact) mass is 384 g/mol. The van der Waals surface area contributed by atoms with E-state index in [0.29, 0.717) is 22.6 Å². The third-order valence-corrected chi connectivity index (χ3v) is 4.62. The molecule has 28 heavy (non-hydrogen) atoms. The average molecular weight is 384 g/mol. The first-order valence-electron chi connectivity index (χ1n) is 8.88. The molecule has 2 aromatic carbocycles. The first-order chi connectivity index (χ1) is 13.3. The van der Waals surface area contributed by atoms with Crippen LogP contribution in [0.1, 0.15) is 58.8 Å². The van der Waals surface area contributed by atoms with Gasteiger partial charge in [-0.05, 0) is 35.2 Å². The maximum absolute atomic E-state index is 12.4. The second kappa shape index (κ2) is 7.52. The fourth-order valence-electron chi connectivity index (χ4n) is 3.03. The number of hydrazine groups is 1. The summed E-state index contributed by atoms with van der Waals surface area (Å²) in [6.07, 6.45) is -0.819. The second-order valence-electron chi connectivity index (χ2n) is 7.48. The molecule has 0 aromatic heterocycles. The van der Waals surface area contributed by atoms with Crippen molar-refractivity contribution >= 4 is 11.9 Å². The molecule has 7 heteroatoms. The van der Waals surface area contributed by atoms with Gasteiger partial charge in [0.25, 0.3) is 5.91 Å². The molecule has 0 radical (unpaired) electrons. The van der Waals surface area contributed by atoms with Gasteiger partial charge in [-0.15, -0.1) is 0 Å². The van der Waals surface area contributed by atoms with Crippen molar-refractivity contribution in [1.29, 1.82) is 0 Å². The Morgan fingerprint density at radius 2 is 1.71 bits per heavy atom. The molecular formula is C21H24N2O5. The zero-order valence-corrected chi connectivity index (χ0v) is 16.6. The van der Waals surface area contributed by atoms with E-state index < -0.39 is 12.2 Å². The molecule has 1 heterocycles. The largest absolute Gasteiger partial charge is 0.493 e. The summed E-state index contributed by atoms with van der Waals surface area (Å²) in [6, 6.07) is 10.8. The summed E-state index contributed by atoms with van der Waals surface area (Å²) in [7, 11) is 2.95. The van der Waals surface area contributed by atoms with Crippen molar-refractivity contribution in [2.75, 3.05) is 14.2 Å². The van der Waals surface area contributed by atoms with Gasteiger partial charge in [-0.25, -0.2) is 4.79 Å². The summed E-state index contributed by atoms with van der Waals surface area (Å²) in [5.41, 5.74) is 7.83. The standard InChI is InChI=1S/C21H24N2O5/c1-21(2,3)13-8-6-12(7-9-13)18(24)22-23-19-14-10-11-15(26-4)17(27-5)16(14)20(25)28-19/h6-11,19,23H,1-5H3,(H,22,24)/t19-/m0/s1. The lowest BCUT2D eigenvalue weighted by Crippen LogP contribution is -2.40. The number of esters is 1. The van der Waals surface area contributed by atoms with Gasteiger partial charge in [0.15, 0.2) is 17.7 Å². The van der Waals surface area contributed by atoms with Crippen LogP contribution in [0, 0.1) is 0 Å². The van der Waals surface area contributed by atoms with Crippen molar-refractivity contribution in [1.82, 2.24) is 10.9 Å². The molecule has 1 amide bonds. The molecule has 0 bridgehead atoms. The highest BCUT2D eigenvalue weighted by molar-refractivity contribution is 5.98. The zero-order chi connectivity index (χ0) is 20.5. The van der Waals surface area contributed by atoms with E-state index in [1.165, 1.54) is 14.2 Å². The van der Waals surface area contributed by atoms with Crippen molar-refractivity contribution in [3.8, 4) is 11.5 Å². The number of hydrogen-bond acceptors (Lipinski definition) is 6. The number of benzene rings is 2. The Kier molecular flexibility index (Phi) is 5.29. The number of ether oxygens (including phenoxy) is 3. The van der Waals surface area contributed by atoms with E-state index in [2.05, 4.69) is 31.6 Å². The van der Waals surface area contributed by atoms with E-state index in [4.69, 9.17) is 14.2 Å². The first-order valence-corrected chi connectivity index (χ1v) is 8.88. The van der Waals surface area contributed by atoms with E-state index in [1.54, 1.807) is 24.3 Å². The molecule has 148 valence electrons. The summed E-state index contributed by atoms with van der Waals surface area (Å²) < 4.78 is 15.8. The molecular weight excluding hydrogens is 360 g/mol. The maximum Gasteiger partial charge on any atom is 0.344 e. The Hall–Kier alpha value is -3.06.